The summed E-state index contributed by atoms with van der Waals surface area (Å²) in [4.78, 5) is 14.7. The molecule has 0 aliphatic heterocycles. The Morgan fingerprint density at radius 2 is 1.95 bits per heavy atom. The molecule has 0 spiro atoms. The van der Waals surface area contributed by atoms with Gasteiger partial charge >= 0.3 is 0 Å². The molecule has 1 aromatic rings. The number of carbonyl (C=O) groups is 1. The van der Waals surface area contributed by atoms with Gasteiger partial charge in [0.1, 0.15) is 5.75 Å². The van der Waals surface area contributed by atoms with E-state index in [-0.39, 0.29) is 5.78 Å². The summed E-state index contributed by atoms with van der Waals surface area (Å²) in [6.45, 7) is 6.15. The van der Waals surface area contributed by atoms with Crippen LogP contribution in [0.3, 0.4) is 0 Å². The highest BCUT2D eigenvalue weighted by Crippen LogP contribution is 2.15. The summed E-state index contributed by atoms with van der Waals surface area (Å²) in [5, 5.41) is 0. The molecule has 0 saturated carbocycles. The third-order valence-corrected chi connectivity index (χ3v) is 3.78. The molecule has 4 heteroatoms. The average Bonchev–Trinajstić information content (AvgIpc) is 2.53. The minimum Gasteiger partial charge on any atom is -0.497 e. The molecule has 0 bridgehead atoms. The first kappa shape index (κ1) is 17.7. The van der Waals surface area contributed by atoms with E-state index in [1.165, 1.54) is 0 Å². The molecule has 0 fully saturated rings. The van der Waals surface area contributed by atoms with Crippen LogP contribution in [0.15, 0.2) is 24.3 Å². The van der Waals surface area contributed by atoms with Gasteiger partial charge in [-0.3, -0.25) is 9.69 Å². The van der Waals surface area contributed by atoms with E-state index in [9.17, 15) is 4.79 Å². The molecular weight excluding hydrogens is 266 g/mol. The van der Waals surface area contributed by atoms with Crippen molar-refractivity contribution in [3.05, 3.63) is 29.8 Å². The molecule has 0 aromatic heterocycles. The summed E-state index contributed by atoms with van der Waals surface area (Å²) < 4.78 is 10.3. The zero-order chi connectivity index (χ0) is 15.7. The smallest absolute Gasteiger partial charge is 0.176 e. The van der Waals surface area contributed by atoms with Gasteiger partial charge in [0.05, 0.1) is 20.3 Å². The van der Waals surface area contributed by atoms with Crippen LogP contribution in [-0.2, 0) is 4.74 Å². The second-order valence-electron chi connectivity index (χ2n) is 5.09. The molecule has 21 heavy (non-hydrogen) atoms. The number of hydrogen-bond acceptors (Lipinski definition) is 4. The number of rotatable bonds is 10. The number of ether oxygens (including phenoxy) is 2. The summed E-state index contributed by atoms with van der Waals surface area (Å²) in [5.74, 6) is 0.837. The predicted molar refractivity (Wildman–Crippen MR) is 85.1 cm³/mol. The summed E-state index contributed by atoms with van der Waals surface area (Å²) in [5.41, 5.74) is 0.697. The second-order valence-corrected chi connectivity index (χ2v) is 5.09. The van der Waals surface area contributed by atoms with Crippen molar-refractivity contribution in [1.29, 1.82) is 0 Å². The molecule has 0 aliphatic carbocycles. The van der Waals surface area contributed by atoms with Crippen molar-refractivity contribution in [2.24, 2.45) is 0 Å². The van der Waals surface area contributed by atoms with Crippen LogP contribution in [0, 0.1) is 0 Å². The number of benzene rings is 1. The Balaban J connectivity index is 2.78. The van der Waals surface area contributed by atoms with E-state index in [4.69, 9.17) is 9.47 Å². The van der Waals surface area contributed by atoms with Crippen LogP contribution in [0.2, 0.25) is 0 Å². The summed E-state index contributed by atoms with van der Waals surface area (Å²) >= 11 is 0. The Morgan fingerprint density at radius 3 is 2.52 bits per heavy atom. The van der Waals surface area contributed by atoms with Gasteiger partial charge in [-0.25, -0.2) is 0 Å². The van der Waals surface area contributed by atoms with E-state index >= 15 is 0 Å². The number of carbonyl (C=O) groups excluding carboxylic acids is 1. The molecule has 0 unspecified atom stereocenters. The van der Waals surface area contributed by atoms with Crippen LogP contribution in [-0.4, -0.2) is 50.6 Å². The Morgan fingerprint density at radius 1 is 1.24 bits per heavy atom. The number of hydrogen-bond donors (Lipinski definition) is 0. The van der Waals surface area contributed by atoms with Crippen molar-refractivity contribution < 1.29 is 14.3 Å². The molecule has 0 N–H and O–H groups in total. The lowest BCUT2D eigenvalue weighted by atomic mass is 10.1. The Labute approximate surface area is 128 Å². The van der Waals surface area contributed by atoms with E-state index in [1.807, 2.05) is 18.2 Å². The van der Waals surface area contributed by atoms with Gasteiger partial charge < -0.3 is 9.47 Å². The first-order valence-corrected chi connectivity index (χ1v) is 7.56. The van der Waals surface area contributed by atoms with E-state index in [0.29, 0.717) is 30.5 Å². The van der Waals surface area contributed by atoms with Gasteiger partial charge in [0.2, 0.25) is 0 Å². The van der Waals surface area contributed by atoms with Gasteiger partial charge in [-0.15, -0.1) is 0 Å². The van der Waals surface area contributed by atoms with E-state index < -0.39 is 0 Å². The zero-order valence-corrected chi connectivity index (χ0v) is 13.6. The van der Waals surface area contributed by atoms with Crippen LogP contribution in [0.5, 0.6) is 5.75 Å². The normalized spacial score (nSPS) is 11.1. The standard InChI is InChI=1S/C17H27NO3/c1-5-15(6-2)18(10-11-20-3)13-17(19)14-8-7-9-16(12-14)21-4/h7-9,12,15H,5-6,10-11,13H2,1-4H3. The highest BCUT2D eigenvalue weighted by molar-refractivity contribution is 5.97. The number of ketones is 1. The number of Topliss-reactive ketones (excluding diaryl/α,β-unsaturated/α-hetero) is 1. The molecule has 0 atom stereocenters. The fourth-order valence-electron chi connectivity index (χ4n) is 2.48. The van der Waals surface area contributed by atoms with Crippen LogP contribution in [0.25, 0.3) is 0 Å². The van der Waals surface area contributed by atoms with Crippen molar-refractivity contribution in [2.45, 2.75) is 32.7 Å². The highest BCUT2D eigenvalue weighted by atomic mass is 16.5. The monoisotopic (exact) mass is 293 g/mol. The molecule has 118 valence electrons. The fourth-order valence-corrected chi connectivity index (χ4v) is 2.48. The summed E-state index contributed by atoms with van der Waals surface area (Å²) in [6, 6.07) is 7.74. The molecule has 0 radical (unpaired) electrons. The fraction of sp³-hybridized carbons (Fsp3) is 0.588. The quantitative estimate of drug-likeness (QED) is 0.622. The average molecular weight is 293 g/mol. The topological polar surface area (TPSA) is 38.8 Å². The number of methoxy groups -OCH3 is 2. The van der Waals surface area contributed by atoms with Crippen LogP contribution < -0.4 is 4.74 Å². The molecule has 0 saturated heterocycles. The SMILES string of the molecule is CCC(CC)N(CCOC)CC(=O)c1cccc(OC)c1. The maximum absolute atomic E-state index is 12.5. The van der Waals surface area contributed by atoms with Crippen LogP contribution >= 0.6 is 0 Å². The lowest BCUT2D eigenvalue weighted by molar-refractivity contribution is 0.0811. The lowest BCUT2D eigenvalue weighted by Gasteiger charge is -2.29. The van der Waals surface area contributed by atoms with Crippen molar-refractivity contribution >= 4 is 5.78 Å². The third-order valence-electron chi connectivity index (χ3n) is 3.78. The first-order valence-electron chi connectivity index (χ1n) is 7.56. The second kappa shape index (κ2) is 9.53. The summed E-state index contributed by atoms with van der Waals surface area (Å²) in [7, 11) is 3.30. The Kier molecular flexibility index (Phi) is 8.01. The maximum atomic E-state index is 12.5. The Bertz CT molecular complexity index is 430. The van der Waals surface area contributed by atoms with Gasteiger partial charge in [-0.1, -0.05) is 26.0 Å². The van der Waals surface area contributed by atoms with Gasteiger partial charge in [-0.2, -0.15) is 0 Å². The lowest BCUT2D eigenvalue weighted by Crippen LogP contribution is -2.40. The largest absolute Gasteiger partial charge is 0.497 e. The van der Waals surface area contributed by atoms with Gasteiger partial charge in [0, 0.05) is 25.3 Å². The minimum absolute atomic E-state index is 0.122. The molecule has 0 heterocycles. The predicted octanol–water partition coefficient (Wildman–Crippen LogP) is 3.01. The molecule has 4 nitrogen and oxygen atoms in total. The van der Waals surface area contributed by atoms with E-state index in [0.717, 1.165) is 19.4 Å². The van der Waals surface area contributed by atoms with E-state index in [2.05, 4.69) is 18.7 Å². The van der Waals surface area contributed by atoms with Gasteiger partial charge in [0.25, 0.3) is 0 Å². The van der Waals surface area contributed by atoms with Crippen molar-refractivity contribution in [2.75, 3.05) is 33.9 Å². The van der Waals surface area contributed by atoms with Crippen LogP contribution in [0.4, 0.5) is 0 Å². The molecule has 0 amide bonds. The first-order chi connectivity index (χ1) is 10.2. The zero-order valence-electron chi connectivity index (χ0n) is 13.6. The van der Waals surface area contributed by atoms with E-state index in [1.54, 1.807) is 20.3 Å². The molecule has 1 rings (SSSR count). The van der Waals surface area contributed by atoms with Gasteiger partial charge in [0.15, 0.2) is 5.78 Å². The third kappa shape index (κ3) is 5.48. The molecule has 0 aliphatic rings. The number of nitrogens with zero attached hydrogens (tertiary/aromatic N) is 1. The van der Waals surface area contributed by atoms with Crippen molar-refractivity contribution in [3.8, 4) is 5.75 Å². The van der Waals surface area contributed by atoms with Gasteiger partial charge in [-0.05, 0) is 25.0 Å². The van der Waals surface area contributed by atoms with Crippen LogP contribution in [0.1, 0.15) is 37.0 Å². The highest BCUT2D eigenvalue weighted by Gasteiger charge is 2.19. The van der Waals surface area contributed by atoms with Crippen molar-refractivity contribution in [1.82, 2.24) is 4.90 Å². The van der Waals surface area contributed by atoms with Crippen molar-refractivity contribution in [3.63, 3.8) is 0 Å². The molecular formula is C17H27NO3. The molecule has 1 aromatic carbocycles. The minimum atomic E-state index is 0.122. The maximum Gasteiger partial charge on any atom is 0.176 e. The summed E-state index contributed by atoms with van der Waals surface area (Å²) in [6.07, 6.45) is 2.07. The Hall–Kier alpha value is -1.39.